The van der Waals surface area contributed by atoms with Crippen LogP contribution < -0.4 is 19.5 Å². The molecule has 3 aliphatic rings. The van der Waals surface area contributed by atoms with E-state index >= 15 is 0 Å². The third-order valence-corrected chi connectivity index (χ3v) is 8.18. The molecular weight excluding hydrogens is 490 g/mol. The first-order valence-electron chi connectivity index (χ1n) is 11.2. The summed E-state index contributed by atoms with van der Waals surface area (Å²) >= 11 is 8.12. The third kappa shape index (κ3) is 3.37. The number of methoxy groups -OCH3 is 2. The van der Waals surface area contributed by atoms with Crippen molar-refractivity contribution in [2.75, 3.05) is 20.5 Å². The Labute approximate surface area is 212 Å². The highest BCUT2D eigenvalue weighted by Gasteiger charge is 2.63. The van der Waals surface area contributed by atoms with Crippen LogP contribution in [0, 0.1) is 5.92 Å². The average molecular weight is 514 g/mol. The van der Waals surface area contributed by atoms with Gasteiger partial charge in [-0.05, 0) is 30.4 Å². The molecule has 1 aliphatic carbocycles. The van der Waals surface area contributed by atoms with Crippen LogP contribution in [-0.4, -0.2) is 43.6 Å². The van der Waals surface area contributed by atoms with Crippen molar-refractivity contribution in [3.05, 3.63) is 57.8 Å². The Kier molecular flexibility index (Phi) is 5.84. The van der Waals surface area contributed by atoms with Gasteiger partial charge in [0, 0.05) is 40.5 Å². The summed E-state index contributed by atoms with van der Waals surface area (Å²) in [5.74, 6) is -1.57. The van der Waals surface area contributed by atoms with Crippen LogP contribution in [0.2, 0.25) is 5.02 Å². The van der Waals surface area contributed by atoms with Gasteiger partial charge in [0.1, 0.15) is 22.1 Å². The van der Waals surface area contributed by atoms with E-state index in [0.29, 0.717) is 17.7 Å². The van der Waals surface area contributed by atoms with Crippen LogP contribution in [0.1, 0.15) is 41.6 Å². The summed E-state index contributed by atoms with van der Waals surface area (Å²) in [5, 5.41) is 2.98. The number of carbonyl (C=O) groups is 3. The average Bonchev–Trinajstić information content (AvgIpc) is 3.17. The molecule has 1 N–H and O–H groups in total. The van der Waals surface area contributed by atoms with E-state index in [1.807, 2.05) is 30.5 Å². The molecule has 2 aromatic rings. The molecule has 0 aromatic heterocycles. The van der Waals surface area contributed by atoms with E-state index in [2.05, 4.69) is 5.32 Å². The highest BCUT2D eigenvalue weighted by atomic mass is 35.5. The van der Waals surface area contributed by atoms with Crippen molar-refractivity contribution in [2.24, 2.45) is 5.92 Å². The molecule has 0 saturated carbocycles. The number of hydrogen-bond donors (Lipinski definition) is 1. The smallest absolute Gasteiger partial charge is 0.236 e. The lowest BCUT2D eigenvalue weighted by atomic mass is 9.66. The summed E-state index contributed by atoms with van der Waals surface area (Å²) in [4.78, 5) is 41.9. The van der Waals surface area contributed by atoms with Gasteiger partial charge in [-0.2, -0.15) is 0 Å². The number of ether oxygens (including phenoxy) is 3. The predicted octanol–water partition coefficient (Wildman–Crippen LogP) is 4.56. The number of carbonyl (C=O) groups excluding carboxylic acids is 3. The molecule has 182 valence electrons. The summed E-state index contributed by atoms with van der Waals surface area (Å²) < 4.78 is 17.0. The maximum atomic E-state index is 14.3. The monoisotopic (exact) mass is 513 g/mol. The second-order valence-electron chi connectivity index (χ2n) is 8.87. The van der Waals surface area contributed by atoms with Crippen LogP contribution in [0.25, 0.3) is 0 Å². The van der Waals surface area contributed by atoms with Crippen LogP contribution in [0.5, 0.6) is 17.2 Å². The van der Waals surface area contributed by atoms with E-state index < -0.39 is 29.0 Å². The number of thioether (sulfide) groups is 1. The van der Waals surface area contributed by atoms with Gasteiger partial charge in [-0.15, -0.1) is 11.8 Å². The normalized spacial score (nSPS) is 25.2. The lowest BCUT2D eigenvalue weighted by Gasteiger charge is -2.41. The first-order chi connectivity index (χ1) is 16.8. The summed E-state index contributed by atoms with van der Waals surface area (Å²) in [6, 6.07) is 9.29. The third-order valence-electron chi connectivity index (χ3n) is 7.08. The summed E-state index contributed by atoms with van der Waals surface area (Å²) in [6.45, 7) is 1.77. The summed E-state index contributed by atoms with van der Waals surface area (Å²) in [6.07, 6.45) is 2.38. The number of allylic oxidation sites excluding steroid dienone is 1. The molecule has 0 saturated heterocycles. The van der Waals surface area contributed by atoms with E-state index in [1.54, 1.807) is 18.7 Å². The zero-order chi connectivity index (χ0) is 25.1. The number of amides is 1. The summed E-state index contributed by atoms with van der Waals surface area (Å²) in [5.41, 5.74) is 0.116. The Morgan fingerprint density at radius 1 is 1.06 bits per heavy atom. The molecule has 1 amide bonds. The first-order valence-corrected chi connectivity index (χ1v) is 12.8. The minimum atomic E-state index is -1.80. The van der Waals surface area contributed by atoms with Gasteiger partial charge < -0.3 is 19.5 Å². The van der Waals surface area contributed by atoms with Gasteiger partial charge in [0.15, 0.2) is 5.75 Å². The molecule has 3 atom stereocenters. The van der Waals surface area contributed by atoms with E-state index in [4.69, 9.17) is 25.8 Å². The minimum absolute atomic E-state index is 0.0813. The van der Waals surface area contributed by atoms with Crippen LogP contribution in [0.4, 0.5) is 0 Å². The van der Waals surface area contributed by atoms with Crippen molar-refractivity contribution in [1.82, 2.24) is 5.32 Å². The Balaban J connectivity index is 1.65. The molecule has 0 fully saturated rings. The number of rotatable bonds is 4. The molecule has 7 nitrogen and oxygen atoms in total. The molecule has 35 heavy (non-hydrogen) atoms. The maximum Gasteiger partial charge on any atom is 0.236 e. The fourth-order valence-electron chi connectivity index (χ4n) is 5.31. The second-order valence-corrected chi connectivity index (χ2v) is 10.1. The van der Waals surface area contributed by atoms with E-state index in [-0.39, 0.29) is 40.2 Å². The highest BCUT2D eigenvalue weighted by molar-refractivity contribution is 7.98. The van der Waals surface area contributed by atoms with Gasteiger partial charge in [-0.1, -0.05) is 30.7 Å². The lowest BCUT2D eigenvalue weighted by molar-refractivity contribution is -0.131. The van der Waals surface area contributed by atoms with E-state index in [9.17, 15) is 14.4 Å². The van der Waals surface area contributed by atoms with Gasteiger partial charge in [-0.3, -0.25) is 14.4 Å². The molecule has 0 radical (unpaired) electrons. The Morgan fingerprint density at radius 3 is 2.37 bits per heavy atom. The topological polar surface area (TPSA) is 90.9 Å². The molecule has 9 heteroatoms. The number of hydrogen-bond acceptors (Lipinski definition) is 7. The van der Waals surface area contributed by atoms with Gasteiger partial charge in [0.25, 0.3) is 0 Å². The fourth-order valence-corrected chi connectivity index (χ4v) is 5.98. The van der Waals surface area contributed by atoms with Gasteiger partial charge in [0.2, 0.25) is 23.1 Å². The zero-order valence-corrected chi connectivity index (χ0v) is 21.3. The quantitative estimate of drug-likeness (QED) is 0.473. The van der Waals surface area contributed by atoms with Crippen molar-refractivity contribution in [3.63, 3.8) is 0 Å². The van der Waals surface area contributed by atoms with Crippen LogP contribution in [0.3, 0.4) is 0 Å². The van der Waals surface area contributed by atoms with Crippen molar-refractivity contribution >= 4 is 40.8 Å². The number of Topliss-reactive ketones (excluding diaryl/α,β-unsaturated/α-hetero) is 2. The molecule has 0 bridgehead atoms. The van der Waals surface area contributed by atoms with E-state index in [1.165, 1.54) is 20.3 Å². The number of benzene rings is 2. The molecule has 5 rings (SSSR count). The van der Waals surface area contributed by atoms with Crippen molar-refractivity contribution in [3.8, 4) is 17.2 Å². The number of nitrogens with one attached hydrogen (secondary N) is 1. The largest absolute Gasteiger partial charge is 0.496 e. The zero-order valence-electron chi connectivity index (χ0n) is 19.7. The SMILES string of the molecule is COc1cc(OC)c2c(c1Cl)O[C@@]1(C(=O)C3=C(C[C@H]1C)NC(=O)C[C@H]3c1ccc(SC)cc1)C2=O. The number of fused-ring (bicyclic) bond motifs is 1. The van der Waals surface area contributed by atoms with E-state index in [0.717, 1.165) is 10.5 Å². The van der Waals surface area contributed by atoms with Crippen LogP contribution >= 0.6 is 23.4 Å². The number of halogens is 1. The van der Waals surface area contributed by atoms with Gasteiger partial charge in [0.05, 0.1) is 14.2 Å². The van der Waals surface area contributed by atoms with Gasteiger partial charge >= 0.3 is 0 Å². The second kappa shape index (κ2) is 8.60. The maximum absolute atomic E-state index is 14.3. The van der Waals surface area contributed by atoms with Crippen molar-refractivity contribution in [2.45, 2.75) is 36.2 Å². The Bertz CT molecular complexity index is 1300. The molecule has 2 heterocycles. The predicted molar refractivity (Wildman–Crippen MR) is 132 cm³/mol. The minimum Gasteiger partial charge on any atom is -0.496 e. The van der Waals surface area contributed by atoms with Crippen LogP contribution in [0.15, 0.2) is 46.5 Å². The van der Waals surface area contributed by atoms with Gasteiger partial charge in [-0.25, -0.2) is 0 Å². The fraction of sp³-hybridized carbons (Fsp3) is 0.346. The highest BCUT2D eigenvalue weighted by Crippen LogP contribution is 2.55. The molecular formula is C26H24ClNO6S. The molecule has 2 aliphatic heterocycles. The van der Waals surface area contributed by atoms with Crippen molar-refractivity contribution < 1.29 is 28.6 Å². The van der Waals surface area contributed by atoms with Crippen LogP contribution in [-0.2, 0) is 9.59 Å². The Hall–Kier alpha value is -2.97. The lowest BCUT2D eigenvalue weighted by Crippen LogP contribution is -2.59. The first kappa shape index (κ1) is 23.8. The molecule has 1 spiro atoms. The summed E-state index contributed by atoms with van der Waals surface area (Å²) in [7, 11) is 2.88. The standard InChI is InChI=1S/C26H24ClNO6S/c1-12-9-16-20(15(10-19(29)28-16)13-5-7-14(35-4)8-6-13)24(30)26(12)25(31)21-17(32-2)11-18(33-3)22(27)23(21)34-26/h5-8,11-12,15H,9-10H2,1-4H3,(H,28,29)/t12-,15+,26+/m1/s1. The molecule has 0 unspecified atom stereocenters. The molecule has 2 aromatic carbocycles. The Morgan fingerprint density at radius 2 is 1.74 bits per heavy atom. The van der Waals surface area contributed by atoms with Crippen molar-refractivity contribution in [1.29, 1.82) is 0 Å². The number of ketones is 2.